The van der Waals surface area contributed by atoms with Crippen LogP contribution in [0.15, 0.2) is 28.7 Å². The van der Waals surface area contributed by atoms with Gasteiger partial charge in [-0.15, -0.1) is 0 Å². The molecule has 1 aromatic rings. The van der Waals surface area contributed by atoms with Gasteiger partial charge in [0.15, 0.2) is 0 Å². The molecule has 2 unspecified atom stereocenters. The summed E-state index contributed by atoms with van der Waals surface area (Å²) in [6, 6.07) is 7.91. The topological polar surface area (TPSA) is 50.4 Å². The molecular weight excluding hydrogens is 320 g/mol. The van der Waals surface area contributed by atoms with E-state index in [-0.39, 0.29) is 18.1 Å². The Morgan fingerprint density at radius 1 is 1.50 bits per heavy atom. The normalized spacial score (nSPS) is 19.8. The van der Waals surface area contributed by atoms with Gasteiger partial charge in [0.25, 0.3) is 0 Å². The third-order valence-corrected chi connectivity index (χ3v) is 4.15. The predicted molar refractivity (Wildman–Crippen MR) is 82.5 cm³/mol. The molecule has 1 amide bonds. The summed E-state index contributed by atoms with van der Waals surface area (Å²) in [5.41, 5.74) is 1.08. The van der Waals surface area contributed by atoms with E-state index >= 15 is 0 Å². The molecule has 110 valence electrons. The zero-order chi connectivity index (χ0) is 14.4. The van der Waals surface area contributed by atoms with Crippen molar-refractivity contribution in [2.75, 3.05) is 19.7 Å². The van der Waals surface area contributed by atoms with Crippen LogP contribution < -0.4 is 10.6 Å². The molecule has 0 aromatic heterocycles. The molecule has 0 aliphatic carbocycles. The van der Waals surface area contributed by atoms with Crippen molar-refractivity contribution in [2.45, 2.75) is 31.9 Å². The number of nitrogens with one attached hydrogen (secondary N) is 2. The van der Waals surface area contributed by atoms with Gasteiger partial charge in [-0.3, -0.25) is 4.79 Å². The first-order valence-electron chi connectivity index (χ1n) is 7.03. The van der Waals surface area contributed by atoms with E-state index in [4.69, 9.17) is 4.74 Å². The lowest BCUT2D eigenvalue weighted by molar-refractivity contribution is -0.120. The molecule has 1 aromatic carbocycles. The number of carbonyl (C=O) groups is 1. The fourth-order valence-electron chi connectivity index (χ4n) is 2.35. The van der Waals surface area contributed by atoms with Crippen LogP contribution in [0.5, 0.6) is 0 Å². The molecule has 4 nitrogen and oxygen atoms in total. The van der Waals surface area contributed by atoms with E-state index in [0.29, 0.717) is 6.54 Å². The maximum absolute atomic E-state index is 11.9. The minimum absolute atomic E-state index is 0.00579. The Labute approximate surface area is 128 Å². The third kappa shape index (κ3) is 4.58. The number of hydrogen-bond acceptors (Lipinski definition) is 3. The van der Waals surface area contributed by atoms with Crippen molar-refractivity contribution in [2.24, 2.45) is 0 Å². The molecule has 2 N–H and O–H groups in total. The van der Waals surface area contributed by atoms with Crippen LogP contribution in [-0.4, -0.2) is 31.7 Å². The lowest BCUT2D eigenvalue weighted by Crippen LogP contribution is -2.38. The lowest BCUT2D eigenvalue weighted by atomic mass is 10.1. The first-order valence-corrected chi connectivity index (χ1v) is 7.82. The van der Waals surface area contributed by atoms with Crippen LogP contribution in [0.2, 0.25) is 0 Å². The van der Waals surface area contributed by atoms with Gasteiger partial charge in [-0.25, -0.2) is 0 Å². The van der Waals surface area contributed by atoms with E-state index < -0.39 is 0 Å². The molecule has 0 radical (unpaired) electrons. The van der Waals surface area contributed by atoms with Crippen LogP contribution in [0.3, 0.4) is 0 Å². The standard InChI is InChI=1S/C15H21BrN2O2/c1-11(13-6-2-3-7-14(13)16)18-15(19)10-17-9-12-5-4-8-20-12/h2-3,6-7,11-12,17H,4-5,8-10H2,1H3,(H,18,19). The van der Waals surface area contributed by atoms with E-state index in [2.05, 4.69) is 26.6 Å². The van der Waals surface area contributed by atoms with Gasteiger partial charge in [0.05, 0.1) is 18.7 Å². The molecule has 5 heteroatoms. The van der Waals surface area contributed by atoms with Crippen molar-refractivity contribution in [1.29, 1.82) is 0 Å². The Kier molecular flexibility index (Phi) is 6.01. The number of amides is 1. The lowest BCUT2D eigenvalue weighted by Gasteiger charge is -2.16. The van der Waals surface area contributed by atoms with Gasteiger partial charge in [0, 0.05) is 17.6 Å². The van der Waals surface area contributed by atoms with E-state index in [1.54, 1.807) is 0 Å². The Morgan fingerprint density at radius 3 is 3.00 bits per heavy atom. The highest BCUT2D eigenvalue weighted by molar-refractivity contribution is 9.10. The molecule has 1 fully saturated rings. The SMILES string of the molecule is CC(NC(=O)CNCC1CCCO1)c1ccccc1Br. The molecule has 1 heterocycles. The molecule has 2 atom stereocenters. The number of benzene rings is 1. The Morgan fingerprint density at radius 2 is 2.30 bits per heavy atom. The second kappa shape index (κ2) is 7.76. The molecule has 2 rings (SSSR count). The predicted octanol–water partition coefficient (Wildman–Crippen LogP) is 2.39. The number of carbonyl (C=O) groups excluding carboxylic acids is 1. The van der Waals surface area contributed by atoms with Gasteiger partial charge in [0.2, 0.25) is 5.91 Å². The highest BCUT2D eigenvalue weighted by atomic mass is 79.9. The van der Waals surface area contributed by atoms with Gasteiger partial charge < -0.3 is 15.4 Å². The van der Waals surface area contributed by atoms with Crippen LogP contribution in [0, 0.1) is 0 Å². The average molecular weight is 341 g/mol. The quantitative estimate of drug-likeness (QED) is 0.835. The maximum Gasteiger partial charge on any atom is 0.234 e. The summed E-state index contributed by atoms with van der Waals surface area (Å²) in [7, 11) is 0. The summed E-state index contributed by atoms with van der Waals surface area (Å²) >= 11 is 3.50. The van der Waals surface area contributed by atoms with Crippen molar-refractivity contribution in [3.05, 3.63) is 34.3 Å². The van der Waals surface area contributed by atoms with Gasteiger partial charge in [-0.1, -0.05) is 34.1 Å². The zero-order valence-electron chi connectivity index (χ0n) is 11.7. The number of hydrogen-bond donors (Lipinski definition) is 2. The molecule has 20 heavy (non-hydrogen) atoms. The van der Waals surface area contributed by atoms with Gasteiger partial charge in [-0.2, -0.15) is 0 Å². The molecule has 0 saturated carbocycles. The minimum Gasteiger partial charge on any atom is -0.377 e. The fourth-order valence-corrected chi connectivity index (χ4v) is 2.98. The van der Waals surface area contributed by atoms with Crippen LogP contribution in [0.4, 0.5) is 0 Å². The van der Waals surface area contributed by atoms with Crippen LogP contribution >= 0.6 is 15.9 Å². The maximum atomic E-state index is 11.9. The van der Waals surface area contributed by atoms with Crippen molar-refractivity contribution in [3.8, 4) is 0 Å². The summed E-state index contributed by atoms with van der Waals surface area (Å²) < 4.78 is 6.51. The van der Waals surface area contributed by atoms with Crippen molar-refractivity contribution in [3.63, 3.8) is 0 Å². The molecule has 0 spiro atoms. The summed E-state index contributed by atoms with van der Waals surface area (Å²) in [6.45, 7) is 3.90. The monoisotopic (exact) mass is 340 g/mol. The summed E-state index contributed by atoms with van der Waals surface area (Å²) in [6.07, 6.45) is 2.48. The largest absolute Gasteiger partial charge is 0.377 e. The molecule has 0 bridgehead atoms. The second-order valence-corrected chi connectivity index (χ2v) is 5.93. The third-order valence-electron chi connectivity index (χ3n) is 3.43. The summed E-state index contributed by atoms with van der Waals surface area (Å²) in [5.74, 6) is 0.00579. The van der Waals surface area contributed by atoms with Gasteiger partial charge in [-0.05, 0) is 31.4 Å². The Balaban J connectivity index is 1.72. The molecule has 1 aliphatic rings. The smallest absolute Gasteiger partial charge is 0.234 e. The molecule has 1 saturated heterocycles. The van der Waals surface area contributed by atoms with Crippen LogP contribution in [-0.2, 0) is 9.53 Å². The van der Waals surface area contributed by atoms with E-state index in [0.717, 1.165) is 36.0 Å². The number of halogens is 1. The number of ether oxygens (including phenoxy) is 1. The minimum atomic E-state index is -0.0115. The van der Waals surface area contributed by atoms with Crippen molar-refractivity contribution in [1.82, 2.24) is 10.6 Å². The van der Waals surface area contributed by atoms with E-state index in [1.165, 1.54) is 0 Å². The van der Waals surface area contributed by atoms with Crippen LogP contribution in [0.1, 0.15) is 31.4 Å². The summed E-state index contributed by atoms with van der Waals surface area (Å²) in [5, 5.41) is 6.14. The first kappa shape index (κ1) is 15.5. The Bertz CT molecular complexity index is 447. The fraction of sp³-hybridized carbons (Fsp3) is 0.533. The van der Waals surface area contributed by atoms with Crippen molar-refractivity contribution < 1.29 is 9.53 Å². The molecule has 1 aliphatic heterocycles. The van der Waals surface area contributed by atoms with Gasteiger partial charge in [0.1, 0.15) is 0 Å². The van der Waals surface area contributed by atoms with Crippen molar-refractivity contribution >= 4 is 21.8 Å². The van der Waals surface area contributed by atoms with Gasteiger partial charge >= 0.3 is 0 Å². The first-order chi connectivity index (χ1) is 9.66. The highest BCUT2D eigenvalue weighted by Crippen LogP contribution is 2.22. The molecular formula is C15H21BrN2O2. The zero-order valence-corrected chi connectivity index (χ0v) is 13.3. The summed E-state index contributed by atoms with van der Waals surface area (Å²) in [4.78, 5) is 11.9. The number of rotatable bonds is 6. The second-order valence-electron chi connectivity index (χ2n) is 5.08. The highest BCUT2D eigenvalue weighted by Gasteiger charge is 2.16. The van der Waals surface area contributed by atoms with E-state index in [9.17, 15) is 4.79 Å². The van der Waals surface area contributed by atoms with Crippen LogP contribution in [0.25, 0.3) is 0 Å². The average Bonchev–Trinajstić information content (AvgIpc) is 2.92. The van der Waals surface area contributed by atoms with E-state index in [1.807, 2.05) is 31.2 Å². The Hall–Kier alpha value is -0.910.